The molecule has 2 aromatic carbocycles. The summed E-state index contributed by atoms with van der Waals surface area (Å²) >= 11 is 5.72. The first-order valence-electron chi connectivity index (χ1n) is 11.2. The number of carbonyl (C=O) groups is 1. The first-order valence-corrected chi connectivity index (χ1v) is 11.6. The Labute approximate surface area is 205 Å². The van der Waals surface area contributed by atoms with Crippen LogP contribution in [0.3, 0.4) is 0 Å². The number of anilines is 2. The molecule has 182 valence electrons. The first kappa shape index (κ1) is 23.3. The number of nitrogens with zero attached hydrogens (tertiary/aromatic N) is 3. The third kappa shape index (κ3) is 4.36. The molecule has 2 aliphatic rings. The maximum absolute atomic E-state index is 14.5. The van der Waals surface area contributed by atoms with E-state index in [1.807, 2.05) is 4.90 Å². The van der Waals surface area contributed by atoms with Crippen molar-refractivity contribution >= 4 is 39.9 Å². The summed E-state index contributed by atoms with van der Waals surface area (Å²) in [4.78, 5) is 22.3. The van der Waals surface area contributed by atoms with Crippen LogP contribution in [0.25, 0.3) is 10.9 Å². The lowest BCUT2D eigenvalue weighted by Crippen LogP contribution is -2.29. The van der Waals surface area contributed by atoms with Crippen molar-refractivity contribution in [1.82, 2.24) is 14.9 Å². The molecule has 3 atom stereocenters. The zero-order valence-electron chi connectivity index (χ0n) is 18.9. The van der Waals surface area contributed by atoms with Crippen LogP contribution < -0.4 is 14.8 Å². The van der Waals surface area contributed by atoms with Crippen molar-refractivity contribution in [2.45, 2.75) is 18.9 Å². The lowest BCUT2D eigenvalue weighted by molar-refractivity contribution is -0.125. The van der Waals surface area contributed by atoms with Gasteiger partial charge in [0.2, 0.25) is 5.91 Å². The van der Waals surface area contributed by atoms with E-state index in [4.69, 9.17) is 21.1 Å². The van der Waals surface area contributed by atoms with Crippen LogP contribution in [0.5, 0.6) is 11.5 Å². The lowest BCUT2D eigenvalue weighted by Gasteiger charge is -2.20. The number of ether oxygens (including phenoxy) is 2. The molecular formula is C25H23ClF2N4O3. The van der Waals surface area contributed by atoms with Gasteiger partial charge >= 0.3 is 0 Å². The SMILES string of the molecule is C=CC(=O)N1C[C@H]2C[C@H](Oc3cc4c(Nc5ccc(F)c(Cl)c5F)ncnc4cc3OC)C[C@H]2C1. The van der Waals surface area contributed by atoms with Crippen molar-refractivity contribution in [3.05, 3.63) is 59.9 Å². The van der Waals surface area contributed by atoms with Gasteiger partial charge in [0.05, 0.1) is 24.4 Å². The Bertz CT molecular complexity index is 1310. The van der Waals surface area contributed by atoms with Gasteiger partial charge in [0.15, 0.2) is 17.3 Å². The molecule has 10 heteroatoms. The third-order valence-electron chi connectivity index (χ3n) is 6.70. The molecule has 0 unspecified atom stereocenters. The Hall–Kier alpha value is -3.46. The Morgan fingerprint density at radius 2 is 1.94 bits per heavy atom. The van der Waals surface area contributed by atoms with Crippen LogP contribution in [0.1, 0.15) is 12.8 Å². The van der Waals surface area contributed by atoms with Crippen LogP contribution >= 0.6 is 11.6 Å². The van der Waals surface area contributed by atoms with Crippen LogP contribution in [-0.2, 0) is 4.79 Å². The summed E-state index contributed by atoms with van der Waals surface area (Å²) in [6.07, 6.45) is 4.30. The highest BCUT2D eigenvalue weighted by Gasteiger charge is 2.43. The van der Waals surface area contributed by atoms with Crippen molar-refractivity contribution in [3.63, 3.8) is 0 Å². The molecule has 1 N–H and O–H groups in total. The highest BCUT2D eigenvalue weighted by molar-refractivity contribution is 6.31. The summed E-state index contributed by atoms with van der Waals surface area (Å²) in [5.74, 6) is 0.297. The van der Waals surface area contributed by atoms with Gasteiger partial charge in [-0.25, -0.2) is 18.7 Å². The number of likely N-dealkylation sites (tertiary alicyclic amines) is 1. The molecule has 1 amide bonds. The minimum Gasteiger partial charge on any atom is -0.493 e. The molecule has 3 aromatic rings. The van der Waals surface area contributed by atoms with Crippen LogP contribution in [0, 0.1) is 23.5 Å². The smallest absolute Gasteiger partial charge is 0.245 e. The van der Waals surface area contributed by atoms with E-state index in [1.54, 1.807) is 19.2 Å². The summed E-state index contributed by atoms with van der Waals surface area (Å²) in [6, 6.07) is 5.81. The zero-order valence-corrected chi connectivity index (χ0v) is 19.7. The largest absolute Gasteiger partial charge is 0.493 e. The monoisotopic (exact) mass is 500 g/mol. The van der Waals surface area contributed by atoms with Crippen molar-refractivity contribution in [2.75, 3.05) is 25.5 Å². The van der Waals surface area contributed by atoms with Crippen LogP contribution in [0.2, 0.25) is 5.02 Å². The van der Waals surface area contributed by atoms with Crippen LogP contribution in [0.4, 0.5) is 20.3 Å². The van der Waals surface area contributed by atoms with Crippen molar-refractivity contribution in [3.8, 4) is 11.5 Å². The van der Waals surface area contributed by atoms with E-state index in [0.29, 0.717) is 53.1 Å². The Kier molecular flexibility index (Phi) is 6.19. The number of nitrogens with one attached hydrogen (secondary N) is 1. The van der Waals surface area contributed by atoms with Gasteiger partial charge in [0.1, 0.15) is 23.0 Å². The maximum Gasteiger partial charge on any atom is 0.245 e. The Balaban J connectivity index is 1.40. The average Bonchev–Trinajstić information content (AvgIpc) is 3.42. The van der Waals surface area contributed by atoms with E-state index >= 15 is 0 Å². The van der Waals surface area contributed by atoms with Gasteiger partial charge in [-0.05, 0) is 49.0 Å². The lowest BCUT2D eigenvalue weighted by atomic mass is 10.0. The van der Waals surface area contributed by atoms with E-state index in [1.165, 1.54) is 18.5 Å². The number of rotatable bonds is 6. The zero-order chi connectivity index (χ0) is 24.7. The molecule has 1 aliphatic carbocycles. The van der Waals surface area contributed by atoms with Gasteiger partial charge in [-0.1, -0.05) is 18.2 Å². The minimum atomic E-state index is -0.912. The summed E-state index contributed by atoms with van der Waals surface area (Å²) in [7, 11) is 1.55. The number of fused-ring (bicyclic) bond motifs is 2. The van der Waals surface area contributed by atoms with Gasteiger partial charge < -0.3 is 19.7 Å². The fourth-order valence-electron chi connectivity index (χ4n) is 4.99. The number of aromatic nitrogens is 2. The third-order valence-corrected chi connectivity index (χ3v) is 7.04. The van der Waals surface area contributed by atoms with Gasteiger partial charge in [-0.15, -0.1) is 0 Å². The molecule has 35 heavy (non-hydrogen) atoms. The molecule has 1 aromatic heterocycles. The molecule has 1 aliphatic heterocycles. The molecule has 0 radical (unpaired) electrons. The normalized spacial score (nSPS) is 21.1. The van der Waals surface area contributed by atoms with Crippen molar-refractivity contribution in [2.24, 2.45) is 11.8 Å². The average molecular weight is 501 g/mol. The molecule has 0 bridgehead atoms. The first-order chi connectivity index (χ1) is 16.9. The topological polar surface area (TPSA) is 76.6 Å². The van der Waals surface area contributed by atoms with Crippen LogP contribution in [-0.4, -0.2) is 47.1 Å². The van der Waals surface area contributed by atoms with Gasteiger partial charge in [0.25, 0.3) is 0 Å². The Morgan fingerprint density at radius 3 is 2.63 bits per heavy atom. The maximum atomic E-state index is 14.5. The molecule has 1 saturated carbocycles. The molecule has 1 saturated heterocycles. The second-order valence-corrected chi connectivity index (χ2v) is 9.15. The fraction of sp³-hybridized carbons (Fsp3) is 0.320. The van der Waals surface area contributed by atoms with E-state index in [2.05, 4.69) is 21.9 Å². The second-order valence-electron chi connectivity index (χ2n) is 8.77. The van der Waals surface area contributed by atoms with E-state index in [-0.39, 0.29) is 17.7 Å². The van der Waals surface area contributed by atoms with E-state index < -0.39 is 16.7 Å². The fourth-order valence-corrected chi connectivity index (χ4v) is 5.16. The quantitative estimate of drug-likeness (QED) is 0.374. The number of halogens is 3. The molecular weight excluding hydrogens is 478 g/mol. The second kappa shape index (κ2) is 9.30. The Morgan fingerprint density at radius 1 is 1.20 bits per heavy atom. The standard InChI is InChI=1S/C25H23ClF2N4O3/c1-3-22(33)32-10-13-6-15(7-14(13)11-32)35-21-8-16-19(9-20(21)34-2)29-12-30-25(16)31-18-5-4-17(27)23(26)24(18)28/h3-5,8-9,12-15H,1,6-7,10-11H2,2H3,(H,29,30,31)/t13-,14+,15+. The summed E-state index contributed by atoms with van der Waals surface area (Å²) in [5.41, 5.74) is 0.541. The summed E-state index contributed by atoms with van der Waals surface area (Å²) < 4.78 is 39.9. The van der Waals surface area contributed by atoms with Crippen LogP contribution in [0.15, 0.2) is 43.2 Å². The predicted molar refractivity (Wildman–Crippen MR) is 128 cm³/mol. The van der Waals surface area contributed by atoms with Gasteiger partial charge in [-0.2, -0.15) is 0 Å². The van der Waals surface area contributed by atoms with E-state index in [9.17, 15) is 13.6 Å². The number of methoxy groups -OCH3 is 1. The molecule has 7 nitrogen and oxygen atoms in total. The summed E-state index contributed by atoms with van der Waals surface area (Å²) in [5, 5.41) is 2.85. The predicted octanol–water partition coefficient (Wildman–Crippen LogP) is 5.12. The molecule has 2 heterocycles. The van der Waals surface area contributed by atoms with E-state index in [0.717, 1.165) is 18.9 Å². The number of carbonyl (C=O) groups excluding carboxylic acids is 1. The van der Waals surface area contributed by atoms with Crippen molar-refractivity contribution < 1.29 is 23.0 Å². The summed E-state index contributed by atoms with van der Waals surface area (Å²) in [6.45, 7) is 4.98. The minimum absolute atomic E-state index is 0.0167. The molecule has 5 rings (SSSR count). The highest BCUT2D eigenvalue weighted by Crippen LogP contribution is 2.42. The van der Waals surface area contributed by atoms with Gasteiger partial charge in [0, 0.05) is 24.5 Å². The number of amides is 1. The number of hydrogen-bond donors (Lipinski definition) is 1. The highest BCUT2D eigenvalue weighted by atomic mass is 35.5. The molecule has 0 spiro atoms. The van der Waals surface area contributed by atoms with Gasteiger partial charge in [-0.3, -0.25) is 4.79 Å². The number of benzene rings is 2. The van der Waals surface area contributed by atoms with Crippen molar-refractivity contribution in [1.29, 1.82) is 0 Å². The number of hydrogen-bond acceptors (Lipinski definition) is 6. The molecule has 2 fully saturated rings.